The van der Waals surface area contributed by atoms with E-state index >= 15 is 0 Å². The number of nitrogens with zero attached hydrogens (tertiary/aromatic N) is 1. The summed E-state index contributed by atoms with van der Waals surface area (Å²) in [6, 6.07) is 7.34. The summed E-state index contributed by atoms with van der Waals surface area (Å²) in [6.45, 7) is 9.30. The van der Waals surface area contributed by atoms with E-state index in [9.17, 15) is 4.79 Å². The van der Waals surface area contributed by atoms with Crippen molar-refractivity contribution in [1.29, 1.82) is 0 Å². The summed E-state index contributed by atoms with van der Waals surface area (Å²) < 4.78 is 5.54. The van der Waals surface area contributed by atoms with Gasteiger partial charge in [0.2, 0.25) is 0 Å². The minimum absolute atomic E-state index is 0.0717. The maximum atomic E-state index is 11.8. The molecule has 4 nitrogen and oxygen atoms in total. The molecule has 0 fully saturated rings. The second-order valence-electron chi connectivity index (χ2n) is 4.29. The smallest absolute Gasteiger partial charge is 0.321 e. The van der Waals surface area contributed by atoms with Gasteiger partial charge in [-0.3, -0.25) is 0 Å². The standard InChI is InChI=1S/C14H22N2O2/c1-5-16(6-2)14(17)15-12-7-9-13(10-8-12)18-11(3)4/h7-11H,5-6H2,1-4H3,(H,15,17). The Hall–Kier alpha value is -1.71. The molecule has 0 unspecified atom stereocenters. The first-order chi connectivity index (χ1) is 8.56. The van der Waals surface area contributed by atoms with Crippen molar-refractivity contribution >= 4 is 11.7 Å². The molecule has 0 saturated heterocycles. The fraction of sp³-hybridized carbons (Fsp3) is 0.500. The molecule has 0 spiro atoms. The third kappa shape index (κ3) is 4.28. The third-order valence-electron chi connectivity index (χ3n) is 2.53. The zero-order valence-corrected chi connectivity index (χ0v) is 11.6. The van der Waals surface area contributed by atoms with Crippen molar-refractivity contribution in [3.8, 4) is 5.75 Å². The molecule has 1 aromatic carbocycles. The number of nitrogens with one attached hydrogen (secondary N) is 1. The highest BCUT2D eigenvalue weighted by atomic mass is 16.5. The van der Waals surface area contributed by atoms with Gasteiger partial charge in [0.1, 0.15) is 5.75 Å². The molecule has 0 radical (unpaired) electrons. The molecule has 1 rings (SSSR count). The zero-order chi connectivity index (χ0) is 13.5. The second-order valence-corrected chi connectivity index (χ2v) is 4.29. The van der Waals surface area contributed by atoms with Crippen LogP contribution in [0.5, 0.6) is 5.75 Å². The highest BCUT2D eigenvalue weighted by Crippen LogP contribution is 2.17. The van der Waals surface area contributed by atoms with Crippen LogP contribution in [0.3, 0.4) is 0 Å². The number of rotatable bonds is 5. The normalized spacial score (nSPS) is 10.3. The lowest BCUT2D eigenvalue weighted by molar-refractivity contribution is 0.217. The lowest BCUT2D eigenvalue weighted by Gasteiger charge is -2.19. The summed E-state index contributed by atoms with van der Waals surface area (Å²) in [6.07, 6.45) is 0.154. The summed E-state index contributed by atoms with van der Waals surface area (Å²) in [4.78, 5) is 13.6. The van der Waals surface area contributed by atoms with Crippen molar-refractivity contribution in [2.24, 2.45) is 0 Å². The number of benzene rings is 1. The lowest BCUT2D eigenvalue weighted by atomic mass is 10.3. The predicted octanol–water partition coefficient (Wildman–Crippen LogP) is 3.35. The van der Waals surface area contributed by atoms with Crippen molar-refractivity contribution in [3.05, 3.63) is 24.3 Å². The number of hydrogen-bond donors (Lipinski definition) is 1. The summed E-state index contributed by atoms with van der Waals surface area (Å²) in [5.41, 5.74) is 0.781. The van der Waals surface area contributed by atoms with Crippen LogP contribution in [0.4, 0.5) is 10.5 Å². The second kappa shape index (κ2) is 6.89. The van der Waals surface area contributed by atoms with Crippen molar-refractivity contribution < 1.29 is 9.53 Å². The van der Waals surface area contributed by atoms with Crippen LogP contribution < -0.4 is 10.1 Å². The Balaban J connectivity index is 2.60. The van der Waals surface area contributed by atoms with E-state index in [0.717, 1.165) is 11.4 Å². The van der Waals surface area contributed by atoms with Crippen molar-refractivity contribution in [2.75, 3.05) is 18.4 Å². The molecule has 0 heterocycles. The van der Waals surface area contributed by atoms with Gasteiger partial charge in [-0.15, -0.1) is 0 Å². The number of anilines is 1. The Bertz CT molecular complexity index is 370. The summed E-state index contributed by atoms with van der Waals surface area (Å²) in [7, 11) is 0. The third-order valence-corrected chi connectivity index (χ3v) is 2.53. The van der Waals surface area contributed by atoms with Gasteiger partial charge < -0.3 is 15.0 Å². The van der Waals surface area contributed by atoms with E-state index in [1.54, 1.807) is 4.90 Å². The van der Waals surface area contributed by atoms with Gasteiger partial charge in [0.15, 0.2) is 0 Å². The van der Waals surface area contributed by atoms with E-state index in [1.165, 1.54) is 0 Å². The van der Waals surface area contributed by atoms with Crippen LogP contribution in [-0.2, 0) is 0 Å². The van der Waals surface area contributed by atoms with E-state index in [-0.39, 0.29) is 12.1 Å². The highest BCUT2D eigenvalue weighted by Gasteiger charge is 2.09. The molecule has 18 heavy (non-hydrogen) atoms. The average molecular weight is 250 g/mol. The molecule has 0 aliphatic rings. The first-order valence-corrected chi connectivity index (χ1v) is 6.39. The Morgan fingerprint density at radius 2 is 1.78 bits per heavy atom. The summed E-state index contributed by atoms with van der Waals surface area (Å²) >= 11 is 0. The first kappa shape index (κ1) is 14.4. The maximum absolute atomic E-state index is 11.8. The fourth-order valence-corrected chi connectivity index (χ4v) is 1.60. The van der Waals surface area contributed by atoms with Gasteiger partial charge in [-0.05, 0) is 52.0 Å². The average Bonchev–Trinajstić information content (AvgIpc) is 2.32. The molecule has 1 aromatic rings. The molecule has 2 amide bonds. The molecular formula is C14H22N2O2. The summed E-state index contributed by atoms with van der Waals surface area (Å²) in [5.74, 6) is 0.811. The number of amides is 2. The van der Waals surface area contributed by atoms with E-state index in [1.807, 2.05) is 52.0 Å². The van der Waals surface area contributed by atoms with Crippen molar-refractivity contribution in [3.63, 3.8) is 0 Å². The van der Waals surface area contributed by atoms with Crippen molar-refractivity contribution in [2.45, 2.75) is 33.8 Å². The minimum atomic E-state index is -0.0717. The quantitative estimate of drug-likeness (QED) is 0.870. The molecule has 0 saturated carbocycles. The van der Waals surface area contributed by atoms with Gasteiger partial charge >= 0.3 is 6.03 Å². The Morgan fingerprint density at radius 1 is 1.22 bits per heavy atom. The number of ether oxygens (including phenoxy) is 1. The van der Waals surface area contributed by atoms with E-state index in [2.05, 4.69) is 5.32 Å². The Morgan fingerprint density at radius 3 is 2.22 bits per heavy atom. The van der Waals surface area contributed by atoms with Crippen LogP contribution >= 0.6 is 0 Å². The number of carbonyl (C=O) groups excluding carboxylic acids is 1. The molecular weight excluding hydrogens is 228 g/mol. The molecule has 0 bridgehead atoms. The Labute approximate surface area is 109 Å². The van der Waals surface area contributed by atoms with Crippen LogP contribution in [0.25, 0.3) is 0 Å². The zero-order valence-electron chi connectivity index (χ0n) is 11.6. The summed E-state index contributed by atoms with van der Waals surface area (Å²) in [5, 5.41) is 2.86. The fourth-order valence-electron chi connectivity index (χ4n) is 1.60. The van der Waals surface area contributed by atoms with E-state index < -0.39 is 0 Å². The number of urea groups is 1. The van der Waals surface area contributed by atoms with Gasteiger partial charge in [-0.25, -0.2) is 4.79 Å². The van der Waals surface area contributed by atoms with E-state index in [0.29, 0.717) is 13.1 Å². The Kier molecular flexibility index (Phi) is 5.49. The first-order valence-electron chi connectivity index (χ1n) is 6.39. The van der Waals surface area contributed by atoms with Gasteiger partial charge in [0.05, 0.1) is 6.10 Å². The lowest BCUT2D eigenvalue weighted by Crippen LogP contribution is -2.34. The molecule has 0 aromatic heterocycles. The minimum Gasteiger partial charge on any atom is -0.491 e. The molecule has 1 N–H and O–H groups in total. The highest BCUT2D eigenvalue weighted by molar-refractivity contribution is 5.89. The topological polar surface area (TPSA) is 41.6 Å². The number of carbonyl (C=O) groups is 1. The van der Waals surface area contributed by atoms with Gasteiger partial charge in [-0.1, -0.05) is 0 Å². The number of hydrogen-bond acceptors (Lipinski definition) is 2. The maximum Gasteiger partial charge on any atom is 0.321 e. The predicted molar refractivity (Wildman–Crippen MR) is 74.1 cm³/mol. The monoisotopic (exact) mass is 250 g/mol. The van der Waals surface area contributed by atoms with Crippen LogP contribution in [0.15, 0.2) is 24.3 Å². The van der Waals surface area contributed by atoms with Crippen molar-refractivity contribution in [1.82, 2.24) is 4.90 Å². The largest absolute Gasteiger partial charge is 0.491 e. The molecule has 0 aliphatic carbocycles. The molecule has 0 aliphatic heterocycles. The van der Waals surface area contributed by atoms with Crippen LogP contribution in [0, 0.1) is 0 Å². The van der Waals surface area contributed by atoms with Crippen LogP contribution in [0.1, 0.15) is 27.7 Å². The van der Waals surface area contributed by atoms with Crippen LogP contribution in [0.2, 0.25) is 0 Å². The molecule has 0 atom stereocenters. The van der Waals surface area contributed by atoms with Crippen LogP contribution in [-0.4, -0.2) is 30.1 Å². The van der Waals surface area contributed by atoms with Gasteiger partial charge in [0, 0.05) is 18.8 Å². The van der Waals surface area contributed by atoms with E-state index in [4.69, 9.17) is 4.74 Å². The van der Waals surface area contributed by atoms with Gasteiger partial charge in [0.25, 0.3) is 0 Å². The molecule has 4 heteroatoms. The SMILES string of the molecule is CCN(CC)C(=O)Nc1ccc(OC(C)C)cc1. The van der Waals surface area contributed by atoms with Gasteiger partial charge in [-0.2, -0.15) is 0 Å². The molecule has 100 valence electrons.